The van der Waals surface area contributed by atoms with Crippen LogP contribution in [0.15, 0.2) is 66.3 Å². The summed E-state index contributed by atoms with van der Waals surface area (Å²) >= 11 is 3.65. The highest BCUT2D eigenvalue weighted by atomic mass is 32.1. The van der Waals surface area contributed by atoms with E-state index in [1.807, 2.05) is 18.2 Å². The lowest BCUT2D eigenvalue weighted by Gasteiger charge is -2.08. The van der Waals surface area contributed by atoms with Crippen LogP contribution >= 0.6 is 12.6 Å². The molecule has 3 rings (SSSR count). The van der Waals surface area contributed by atoms with Gasteiger partial charge in [0.05, 0.1) is 0 Å². The van der Waals surface area contributed by atoms with Gasteiger partial charge in [-0.15, -0.1) is 12.6 Å². The van der Waals surface area contributed by atoms with E-state index in [0.29, 0.717) is 5.56 Å². The number of carbonyl (C=O) groups is 1. The van der Waals surface area contributed by atoms with Gasteiger partial charge in [0, 0.05) is 5.56 Å². The molecule has 0 aromatic heterocycles. The number of allylic oxidation sites excluding steroid dienone is 6. The average molecular weight is 358 g/mol. The number of hydrogen-bond acceptors (Lipinski definition) is 2. The van der Waals surface area contributed by atoms with Crippen molar-refractivity contribution in [2.24, 2.45) is 0 Å². The van der Waals surface area contributed by atoms with E-state index < -0.39 is 0 Å². The van der Waals surface area contributed by atoms with Crippen LogP contribution < -0.4 is 5.32 Å². The first-order chi connectivity index (χ1) is 12.2. The molecule has 3 heteroatoms. The predicted octanol–water partition coefficient (Wildman–Crippen LogP) is 5.75. The fraction of sp³-hybridized carbons (Fsp3) is 0.409. The highest BCUT2D eigenvalue weighted by Gasteiger charge is 1.94. The summed E-state index contributed by atoms with van der Waals surface area (Å²) in [6, 6.07) is 8.94. The topological polar surface area (TPSA) is 29.1 Å². The molecule has 0 spiro atoms. The molecule has 1 heterocycles. The van der Waals surface area contributed by atoms with Gasteiger partial charge < -0.3 is 5.32 Å². The molecule has 0 saturated carbocycles. The van der Waals surface area contributed by atoms with Crippen molar-refractivity contribution in [2.45, 2.75) is 45.4 Å². The summed E-state index contributed by atoms with van der Waals surface area (Å²) in [5.41, 5.74) is 2.12. The summed E-state index contributed by atoms with van der Waals surface area (Å²) in [5, 5.41) is 3.10. The number of rotatable bonds is 3. The molecule has 0 amide bonds. The molecule has 0 atom stereocenters. The predicted molar refractivity (Wildman–Crippen MR) is 112 cm³/mol. The molecule has 2 nitrogen and oxygen atoms in total. The normalized spacial score (nSPS) is 15.7. The second-order valence-electron chi connectivity index (χ2n) is 6.03. The third kappa shape index (κ3) is 11.6. The van der Waals surface area contributed by atoms with Gasteiger partial charge in [-0.2, -0.15) is 0 Å². The second kappa shape index (κ2) is 14.7. The molecule has 136 valence electrons. The molecule has 0 bridgehead atoms. The van der Waals surface area contributed by atoms with Crippen LogP contribution in [0, 0.1) is 0 Å². The zero-order chi connectivity index (χ0) is 18.2. The highest BCUT2D eigenvalue weighted by Crippen LogP contribution is 2.10. The number of thiol groups is 1. The van der Waals surface area contributed by atoms with E-state index >= 15 is 0 Å². The Kier molecular flexibility index (Phi) is 12.7. The lowest BCUT2D eigenvalue weighted by atomic mass is 10.1. The van der Waals surface area contributed by atoms with Crippen molar-refractivity contribution in [1.29, 1.82) is 0 Å². The van der Waals surface area contributed by atoms with Crippen LogP contribution in [0.25, 0.3) is 0 Å². The third-order valence-corrected chi connectivity index (χ3v) is 4.10. The Labute approximate surface area is 158 Å². The minimum atomic E-state index is -0.185. The van der Waals surface area contributed by atoms with Crippen LogP contribution in [0.1, 0.15) is 55.8 Å². The Bertz CT molecular complexity index is 545. The van der Waals surface area contributed by atoms with Crippen molar-refractivity contribution in [3.05, 3.63) is 71.8 Å². The van der Waals surface area contributed by atoms with Crippen molar-refractivity contribution in [3.63, 3.8) is 0 Å². The molecule has 1 aliphatic heterocycles. The smallest absolute Gasteiger partial charge is 0.216 e. The summed E-state index contributed by atoms with van der Waals surface area (Å²) in [4.78, 5) is 10.5. The summed E-state index contributed by atoms with van der Waals surface area (Å²) in [6.07, 6.45) is 18.7. The Balaban J connectivity index is 0.000000193. The molecular weight excluding hydrogens is 326 g/mol. The average Bonchev–Trinajstić information content (AvgIpc) is 2.94. The van der Waals surface area contributed by atoms with Crippen LogP contribution in [0.5, 0.6) is 0 Å². The number of nitrogens with one attached hydrogen (secondary N) is 1. The van der Waals surface area contributed by atoms with E-state index in [-0.39, 0.29) is 5.12 Å². The molecule has 0 unspecified atom stereocenters. The van der Waals surface area contributed by atoms with E-state index in [1.54, 1.807) is 12.1 Å². The second-order valence-corrected chi connectivity index (χ2v) is 6.44. The maximum absolute atomic E-state index is 10.5. The first-order valence-electron chi connectivity index (χ1n) is 9.25. The maximum Gasteiger partial charge on any atom is 0.216 e. The van der Waals surface area contributed by atoms with Gasteiger partial charge in [0.15, 0.2) is 0 Å². The van der Waals surface area contributed by atoms with Gasteiger partial charge in [0.1, 0.15) is 0 Å². The molecule has 1 saturated heterocycles. The first kappa shape index (κ1) is 21.5. The molecular formula is C22H31NOS. The Morgan fingerprint density at radius 3 is 2.28 bits per heavy atom. The third-order valence-electron chi connectivity index (χ3n) is 3.84. The largest absolute Gasteiger partial charge is 0.317 e. The van der Waals surface area contributed by atoms with E-state index in [9.17, 15) is 4.79 Å². The lowest BCUT2D eigenvalue weighted by molar-refractivity contribution is 0.109. The fourth-order valence-corrected chi connectivity index (χ4v) is 2.63. The quantitative estimate of drug-likeness (QED) is 0.675. The standard InChI is InChI=1S/C10H14.C7H6OS.C5H11N/c1-2-7-10-8-5-3-4-6-9-10;8-7(9)6-4-2-1-3-5-6;1-2-4-6-5-3-1/h3-5,8-9H,2,6-7H2,1H3;1-5H,(H,8,9);6H,1-5H2. The van der Waals surface area contributed by atoms with Crippen LogP contribution in [0.2, 0.25) is 0 Å². The van der Waals surface area contributed by atoms with Crippen molar-refractivity contribution >= 4 is 17.7 Å². The van der Waals surface area contributed by atoms with E-state index in [2.05, 4.69) is 55.2 Å². The molecule has 1 aromatic rings. The van der Waals surface area contributed by atoms with Crippen molar-refractivity contribution < 1.29 is 4.79 Å². The summed E-state index contributed by atoms with van der Waals surface area (Å²) in [7, 11) is 0. The summed E-state index contributed by atoms with van der Waals surface area (Å²) < 4.78 is 0. The van der Waals surface area contributed by atoms with E-state index in [1.165, 1.54) is 50.8 Å². The van der Waals surface area contributed by atoms with Crippen molar-refractivity contribution in [2.75, 3.05) is 13.1 Å². The Morgan fingerprint density at radius 1 is 1.08 bits per heavy atom. The number of piperidine rings is 1. The lowest BCUT2D eigenvalue weighted by Crippen LogP contribution is -2.21. The molecule has 0 radical (unpaired) electrons. The molecule has 1 fully saturated rings. The van der Waals surface area contributed by atoms with Gasteiger partial charge in [0.2, 0.25) is 5.12 Å². The van der Waals surface area contributed by atoms with Crippen LogP contribution in [-0.2, 0) is 0 Å². The fourth-order valence-electron chi connectivity index (χ4n) is 2.48. The van der Waals surface area contributed by atoms with E-state index in [0.717, 1.165) is 6.42 Å². The molecule has 1 aliphatic carbocycles. The summed E-state index contributed by atoms with van der Waals surface area (Å²) in [5.74, 6) is 0. The van der Waals surface area contributed by atoms with Gasteiger partial charge in [-0.3, -0.25) is 4.79 Å². The van der Waals surface area contributed by atoms with Crippen molar-refractivity contribution in [3.8, 4) is 0 Å². The van der Waals surface area contributed by atoms with Crippen LogP contribution in [0.4, 0.5) is 0 Å². The summed E-state index contributed by atoms with van der Waals surface area (Å²) in [6.45, 7) is 4.72. The van der Waals surface area contributed by atoms with E-state index in [4.69, 9.17) is 0 Å². The number of hydrogen-bond donors (Lipinski definition) is 2. The van der Waals surface area contributed by atoms with Crippen LogP contribution in [-0.4, -0.2) is 18.2 Å². The molecule has 1 aromatic carbocycles. The zero-order valence-electron chi connectivity index (χ0n) is 15.3. The van der Waals surface area contributed by atoms with Gasteiger partial charge in [-0.1, -0.05) is 86.1 Å². The minimum Gasteiger partial charge on any atom is -0.317 e. The van der Waals surface area contributed by atoms with Gasteiger partial charge in [0.25, 0.3) is 0 Å². The Hall–Kier alpha value is -1.58. The molecule has 25 heavy (non-hydrogen) atoms. The molecule has 2 aliphatic rings. The molecule has 1 N–H and O–H groups in total. The first-order valence-corrected chi connectivity index (χ1v) is 9.70. The van der Waals surface area contributed by atoms with Gasteiger partial charge in [-0.05, 0) is 38.8 Å². The monoisotopic (exact) mass is 357 g/mol. The SMILES string of the molecule is C1CCNCC1.CCCC1=CCC=CC=C1.O=C(S)c1ccccc1. The number of carbonyl (C=O) groups excluding carboxylic acids is 1. The zero-order valence-corrected chi connectivity index (χ0v) is 16.2. The van der Waals surface area contributed by atoms with Gasteiger partial charge >= 0.3 is 0 Å². The van der Waals surface area contributed by atoms with Gasteiger partial charge in [-0.25, -0.2) is 0 Å². The minimum absolute atomic E-state index is 0.185. The van der Waals surface area contributed by atoms with Crippen LogP contribution in [0.3, 0.4) is 0 Å². The number of benzene rings is 1. The Morgan fingerprint density at radius 2 is 1.80 bits per heavy atom. The van der Waals surface area contributed by atoms with Crippen molar-refractivity contribution in [1.82, 2.24) is 5.32 Å². The maximum atomic E-state index is 10.5. The highest BCUT2D eigenvalue weighted by molar-refractivity contribution is 7.97.